The van der Waals surface area contributed by atoms with Crippen molar-refractivity contribution in [3.63, 3.8) is 0 Å². The summed E-state index contributed by atoms with van der Waals surface area (Å²) in [5.41, 5.74) is 0.0953. The third-order valence-electron chi connectivity index (χ3n) is 6.91. The van der Waals surface area contributed by atoms with E-state index in [1.807, 2.05) is 24.4 Å². The van der Waals surface area contributed by atoms with Gasteiger partial charge in [-0.05, 0) is 74.8 Å². The molecule has 134 valence electrons. The highest BCUT2D eigenvalue weighted by Gasteiger charge is 2.51. The van der Waals surface area contributed by atoms with Gasteiger partial charge in [0.1, 0.15) is 5.82 Å². The Balaban J connectivity index is 1.18. The highest BCUT2D eigenvalue weighted by atomic mass is 16.2. The van der Waals surface area contributed by atoms with E-state index in [4.69, 9.17) is 0 Å². The molecule has 6 rings (SSSR count). The molecule has 0 unspecified atom stereocenters. The molecule has 5 fully saturated rings. The molecule has 1 aliphatic heterocycles. The van der Waals surface area contributed by atoms with Crippen LogP contribution in [0, 0.1) is 17.8 Å². The molecule has 5 aliphatic rings. The number of hydrogen-bond donors (Lipinski definition) is 2. The predicted molar refractivity (Wildman–Crippen MR) is 97.4 cm³/mol. The van der Waals surface area contributed by atoms with Crippen LogP contribution < -0.4 is 15.5 Å². The number of carbonyl (C=O) groups is 1. The summed E-state index contributed by atoms with van der Waals surface area (Å²) < 4.78 is 0. The van der Waals surface area contributed by atoms with E-state index in [1.54, 1.807) is 0 Å². The van der Waals surface area contributed by atoms with Gasteiger partial charge in [-0.3, -0.25) is 0 Å². The molecule has 0 radical (unpaired) electrons. The highest BCUT2D eigenvalue weighted by molar-refractivity contribution is 5.75. The van der Waals surface area contributed by atoms with Gasteiger partial charge in [-0.15, -0.1) is 0 Å². The molecule has 1 aromatic rings. The molecule has 4 aliphatic carbocycles. The lowest BCUT2D eigenvalue weighted by Gasteiger charge is -2.56. The minimum Gasteiger partial charge on any atom is -0.354 e. The largest absolute Gasteiger partial charge is 0.354 e. The number of pyridine rings is 1. The summed E-state index contributed by atoms with van der Waals surface area (Å²) in [5.74, 6) is 3.58. The second-order valence-corrected chi connectivity index (χ2v) is 8.92. The zero-order chi connectivity index (χ0) is 16.9. The van der Waals surface area contributed by atoms with Gasteiger partial charge >= 0.3 is 6.03 Å². The zero-order valence-electron chi connectivity index (χ0n) is 14.8. The standard InChI is InChI=1S/C20H28N4O/c25-19(22-17-4-6-24(13-17)18-3-1-2-5-21-18)23-20-10-14-7-15(11-20)9-16(8-14)12-20/h1-3,5,14-17H,4,6-13H2,(H2,22,23,25)/t14?,15?,16?,17-,20?/m0/s1. The fraction of sp³-hybridized carbons (Fsp3) is 0.700. The van der Waals surface area contributed by atoms with Crippen LogP contribution in [0.1, 0.15) is 44.9 Å². The van der Waals surface area contributed by atoms with E-state index < -0.39 is 0 Å². The molecule has 4 bridgehead atoms. The average Bonchev–Trinajstić information content (AvgIpc) is 3.02. The molecular formula is C20H28N4O. The monoisotopic (exact) mass is 340 g/mol. The fourth-order valence-corrected chi connectivity index (χ4v) is 6.35. The number of carbonyl (C=O) groups excluding carboxylic acids is 1. The van der Waals surface area contributed by atoms with E-state index in [-0.39, 0.29) is 17.6 Å². The Labute approximate surface area is 149 Å². The number of hydrogen-bond acceptors (Lipinski definition) is 3. The van der Waals surface area contributed by atoms with E-state index in [1.165, 1.54) is 38.5 Å². The first-order chi connectivity index (χ1) is 12.2. The number of anilines is 1. The predicted octanol–water partition coefficient (Wildman–Crippen LogP) is 2.93. The van der Waals surface area contributed by atoms with Crippen molar-refractivity contribution in [2.45, 2.75) is 56.5 Å². The van der Waals surface area contributed by atoms with Crippen molar-refractivity contribution in [2.75, 3.05) is 18.0 Å². The number of aromatic nitrogens is 1. The first-order valence-corrected chi connectivity index (χ1v) is 9.92. The van der Waals surface area contributed by atoms with Crippen LogP contribution >= 0.6 is 0 Å². The van der Waals surface area contributed by atoms with Crippen molar-refractivity contribution in [3.8, 4) is 0 Å². The van der Waals surface area contributed by atoms with Crippen LogP contribution in [0.3, 0.4) is 0 Å². The Hall–Kier alpha value is -1.78. The van der Waals surface area contributed by atoms with Crippen LogP contribution in [-0.2, 0) is 0 Å². The maximum absolute atomic E-state index is 12.7. The molecule has 0 spiro atoms. The summed E-state index contributed by atoms with van der Waals surface area (Å²) in [6.45, 7) is 1.81. The van der Waals surface area contributed by atoms with Gasteiger partial charge in [0.2, 0.25) is 0 Å². The summed E-state index contributed by atoms with van der Waals surface area (Å²) in [7, 11) is 0. The summed E-state index contributed by atoms with van der Waals surface area (Å²) in [4.78, 5) is 19.3. The van der Waals surface area contributed by atoms with Crippen molar-refractivity contribution >= 4 is 11.8 Å². The van der Waals surface area contributed by atoms with E-state index >= 15 is 0 Å². The SMILES string of the molecule is O=C(N[C@H]1CCN(c2ccccn2)C1)NC12CC3CC(CC(C3)C1)C2. The molecule has 2 N–H and O–H groups in total. The van der Waals surface area contributed by atoms with E-state index in [0.29, 0.717) is 0 Å². The Kier molecular flexibility index (Phi) is 3.64. The molecule has 2 amide bonds. The summed E-state index contributed by atoms with van der Waals surface area (Å²) in [6.07, 6.45) is 10.7. The van der Waals surface area contributed by atoms with Crippen molar-refractivity contribution in [1.29, 1.82) is 0 Å². The van der Waals surface area contributed by atoms with Crippen molar-refractivity contribution in [1.82, 2.24) is 15.6 Å². The normalized spacial score (nSPS) is 38.8. The lowest BCUT2D eigenvalue weighted by atomic mass is 9.53. The zero-order valence-corrected chi connectivity index (χ0v) is 14.8. The number of amides is 2. The lowest BCUT2D eigenvalue weighted by Crippen LogP contribution is -2.62. The molecule has 5 heteroatoms. The maximum atomic E-state index is 12.7. The van der Waals surface area contributed by atoms with E-state index in [2.05, 4.69) is 20.5 Å². The molecule has 0 aromatic carbocycles. The van der Waals surface area contributed by atoms with Gasteiger partial charge < -0.3 is 15.5 Å². The van der Waals surface area contributed by atoms with Gasteiger partial charge in [-0.2, -0.15) is 0 Å². The van der Waals surface area contributed by atoms with E-state index in [9.17, 15) is 4.79 Å². The quantitative estimate of drug-likeness (QED) is 0.889. The molecule has 1 atom stereocenters. The minimum atomic E-state index is 0.0508. The Bertz CT molecular complexity index is 611. The molecule has 1 saturated heterocycles. The van der Waals surface area contributed by atoms with Gasteiger partial charge in [-0.25, -0.2) is 9.78 Å². The number of rotatable bonds is 3. The Morgan fingerprint density at radius 2 is 1.84 bits per heavy atom. The summed E-state index contributed by atoms with van der Waals surface area (Å²) >= 11 is 0. The second kappa shape index (κ2) is 5.89. The van der Waals surface area contributed by atoms with Crippen LogP contribution in [-0.4, -0.2) is 35.7 Å². The van der Waals surface area contributed by atoms with Gasteiger partial charge in [0.05, 0.1) is 0 Å². The lowest BCUT2D eigenvalue weighted by molar-refractivity contribution is -0.0136. The highest BCUT2D eigenvalue weighted by Crippen LogP contribution is 2.55. The van der Waals surface area contributed by atoms with Crippen LogP contribution in [0.2, 0.25) is 0 Å². The second-order valence-electron chi connectivity index (χ2n) is 8.92. The third kappa shape index (κ3) is 2.98. The minimum absolute atomic E-state index is 0.0508. The van der Waals surface area contributed by atoms with Crippen molar-refractivity contribution in [3.05, 3.63) is 24.4 Å². The fourth-order valence-electron chi connectivity index (χ4n) is 6.35. The summed E-state index contributed by atoms with van der Waals surface area (Å²) in [5, 5.41) is 6.66. The van der Waals surface area contributed by atoms with Crippen LogP contribution in [0.4, 0.5) is 10.6 Å². The third-order valence-corrected chi connectivity index (χ3v) is 6.91. The van der Waals surface area contributed by atoms with E-state index in [0.717, 1.165) is 43.1 Å². The van der Waals surface area contributed by atoms with Gasteiger partial charge in [0, 0.05) is 30.9 Å². The average molecular weight is 340 g/mol. The van der Waals surface area contributed by atoms with Gasteiger partial charge in [0.15, 0.2) is 0 Å². The smallest absolute Gasteiger partial charge is 0.315 e. The topological polar surface area (TPSA) is 57.3 Å². The van der Waals surface area contributed by atoms with Crippen LogP contribution in [0.15, 0.2) is 24.4 Å². The van der Waals surface area contributed by atoms with Crippen molar-refractivity contribution in [2.24, 2.45) is 17.8 Å². The molecule has 5 nitrogen and oxygen atoms in total. The molecule has 2 heterocycles. The maximum Gasteiger partial charge on any atom is 0.315 e. The Morgan fingerprint density at radius 3 is 2.48 bits per heavy atom. The first-order valence-electron chi connectivity index (χ1n) is 9.92. The number of urea groups is 1. The Morgan fingerprint density at radius 1 is 1.12 bits per heavy atom. The van der Waals surface area contributed by atoms with Crippen LogP contribution in [0.5, 0.6) is 0 Å². The first kappa shape index (κ1) is 15.5. The summed E-state index contributed by atoms with van der Waals surface area (Å²) in [6, 6.07) is 6.26. The van der Waals surface area contributed by atoms with Gasteiger partial charge in [-0.1, -0.05) is 6.07 Å². The number of nitrogens with zero attached hydrogens (tertiary/aromatic N) is 2. The molecule has 1 aromatic heterocycles. The van der Waals surface area contributed by atoms with Gasteiger partial charge in [0.25, 0.3) is 0 Å². The van der Waals surface area contributed by atoms with Crippen LogP contribution in [0.25, 0.3) is 0 Å². The number of nitrogens with one attached hydrogen (secondary N) is 2. The molecule has 4 saturated carbocycles. The molecular weight excluding hydrogens is 312 g/mol. The molecule has 25 heavy (non-hydrogen) atoms. The van der Waals surface area contributed by atoms with Crippen molar-refractivity contribution < 1.29 is 4.79 Å².